The van der Waals surface area contributed by atoms with Gasteiger partial charge in [0.05, 0.1) is 13.2 Å². The van der Waals surface area contributed by atoms with Crippen molar-refractivity contribution < 1.29 is 14.3 Å². The predicted molar refractivity (Wildman–Crippen MR) is 133 cm³/mol. The molecule has 1 aromatic rings. The Labute approximate surface area is 198 Å². The van der Waals surface area contributed by atoms with E-state index in [0.717, 1.165) is 18.1 Å². The number of alkyl carbamates (subject to hydrolysis) is 1. The number of nitrogens with zero attached hydrogens (tertiary/aromatic N) is 2. The van der Waals surface area contributed by atoms with E-state index in [1.165, 1.54) is 5.56 Å². The molecule has 3 N–H and O–H groups in total. The maximum Gasteiger partial charge on any atom is 0.407 e. The fourth-order valence-corrected chi connectivity index (χ4v) is 2.64. The maximum atomic E-state index is 11.6. The predicted octanol–water partition coefficient (Wildman–Crippen LogP) is 3.00. The smallest absolute Gasteiger partial charge is 0.407 e. The molecule has 172 valence electrons. The molecule has 0 heterocycles. The van der Waals surface area contributed by atoms with E-state index in [9.17, 15) is 4.79 Å². The van der Waals surface area contributed by atoms with Gasteiger partial charge in [0.15, 0.2) is 5.96 Å². The van der Waals surface area contributed by atoms with Crippen molar-refractivity contribution in [2.24, 2.45) is 4.99 Å². The van der Waals surface area contributed by atoms with Crippen LogP contribution in [0.4, 0.5) is 4.79 Å². The number of nitrogens with one attached hydrogen (secondary N) is 3. The van der Waals surface area contributed by atoms with Crippen LogP contribution in [-0.4, -0.2) is 70.4 Å². The zero-order chi connectivity index (χ0) is 21.9. The summed E-state index contributed by atoms with van der Waals surface area (Å²) in [6.07, 6.45) is 0.364. The molecule has 1 unspecified atom stereocenters. The van der Waals surface area contributed by atoms with Crippen LogP contribution in [0.1, 0.15) is 38.8 Å². The molecule has 0 aliphatic rings. The Bertz CT molecular complexity index is 645. The number of hydrogen-bond acceptors (Lipinski definition) is 5. The van der Waals surface area contributed by atoms with Gasteiger partial charge >= 0.3 is 6.09 Å². The van der Waals surface area contributed by atoms with Crippen molar-refractivity contribution in [2.75, 3.05) is 47.9 Å². The fraction of sp³-hybridized carbons (Fsp3) is 0.619. The number of methoxy groups -OCH3 is 1. The normalized spacial score (nSPS) is 12.6. The van der Waals surface area contributed by atoms with Gasteiger partial charge in [0.2, 0.25) is 0 Å². The molecule has 0 aliphatic carbocycles. The second kappa shape index (κ2) is 14.3. The summed E-state index contributed by atoms with van der Waals surface area (Å²) < 4.78 is 10.4. The number of guanidine groups is 1. The lowest BCUT2D eigenvalue weighted by Gasteiger charge is -2.26. The van der Waals surface area contributed by atoms with Crippen molar-refractivity contribution in [2.45, 2.75) is 38.8 Å². The first kappa shape index (κ1) is 28.2. The van der Waals surface area contributed by atoms with Gasteiger partial charge in [-0.05, 0) is 59.0 Å². The van der Waals surface area contributed by atoms with Gasteiger partial charge in [-0.1, -0.05) is 12.1 Å². The summed E-state index contributed by atoms with van der Waals surface area (Å²) in [5.41, 5.74) is 0.710. The number of halogens is 1. The van der Waals surface area contributed by atoms with Crippen LogP contribution in [0.5, 0.6) is 5.75 Å². The van der Waals surface area contributed by atoms with Crippen LogP contribution >= 0.6 is 24.0 Å². The Hall–Kier alpha value is -1.75. The highest BCUT2D eigenvalue weighted by Gasteiger charge is 2.16. The molecular weight excluding hydrogens is 497 g/mol. The standard InChI is InChI=1S/C21H37N5O3.HI/c1-21(2,3)29-20(27)24-14-8-13-23-19(22-4)25-15-18(26(5)6)16-9-11-17(28-7)12-10-16;/h9-12,18H,8,13-15H2,1-7H3,(H,24,27)(H2,22,23,25);1H. The van der Waals surface area contributed by atoms with Crippen molar-refractivity contribution in [3.63, 3.8) is 0 Å². The summed E-state index contributed by atoms with van der Waals surface area (Å²) in [4.78, 5) is 18.1. The highest BCUT2D eigenvalue weighted by atomic mass is 127. The molecule has 8 nitrogen and oxygen atoms in total. The second-order valence-electron chi connectivity index (χ2n) is 7.91. The number of amides is 1. The molecule has 0 spiro atoms. The molecule has 1 atom stereocenters. The lowest BCUT2D eigenvalue weighted by Crippen LogP contribution is -2.42. The van der Waals surface area contributed by atoms with Crippen LogP contribution in [0, 0.1) is 0 Å². The van der Waals surface area contributed by atoms with E-state index in [-0.39, 0.29) is 30.0 Å². The summed E-state index contributed by atoms with van der Waals surface area (Å²) in [6.45, 7) is 7.45. The molecule has 1 amide bonds. The van der Waals surface area contributed by atoms with Crippen LogP contribution in [0.15, 0.2) is 29.3 Å². The van der Waals surface area contributed by atoms with Crippen molar-refractivity contribution in [1.29, 1.82) is 0 Å². The first-order valence-corrected chi connectivity index (χ1v) is 9.88. The molecule has 30 heavy (non-hydrogen) atoms. The molecule has 1 aromatic carbocycles. The number of rotatable bonds is 9. The summed E-state index contributed by atoms with van der Waals surface area (Å²) in [6, 6.07) is 8.27. The van der Waals surface area contributed by atoms with Crippen LogP contribution < -0.4 is 20.7 Å². The van der Waals surface area contributed by atoms with E-state index in [1.54, 1.807) is 14.2 Å². The quantitative estimate of drug-likeness (QED) is 0.195. The van der Waals surface area contributed by atoms with E-state index in [4.69, 9.17) is 9.47 Å². The van der Waals surface area contributed by atoms with E-state index in [2.05, 4.69) is 52.1 Å². The van der Waals surface area contributed by atoms with E-state index < -0.39 is 11.7 Å². The number of ether oxygens (including phenoxy) is 2. The summed E-state index contributed by atoms with van der Waals surface area (Å²) in [5.74, 6) is 1.57. The number of carbonyl (C=O) groups is 1. The summed E-state index contributed by atoms with van der Waals surface area (Å²) in [5, 5.41) is 9.37. The van der Waals surface area contributed by atoms with Gasteiger partial charge in [0, 0.05) is 26.7 Å². The molecule has 1 rings (SSSR count). The van der Waals surface area contributed by atoms with Gasteiger partial charge in [-0.25, -0.2) is 4.79 Å². The molecule has 0 aromatic heterocycles. The molecule has 0 radical (unpaired) electrons. The Morgan fingerprint density at radius 3 is 2.20 bits per heavy atom. The van der Waals surface area contributed by atoms with E-state index in [1.807, 2.05) is 32.9 Å². The minimum atomic E-state index is -0.485. The largest absolute Gasteiger partial charge is 0.497 e. The molecule has 0 bridgehead atoms. The van der Waals surface area contributed by atoms with Crippen LogP contribution in [0.3, 0.4) is 0 Å². The van der Waals surface area contributed by atoms with Gasteiger partial charge in [0.25, 0.3) is 0 Å². The fourth-order valence-electron chi connectivity index (χ4n) is 2.64. The van der Waals surface area contributed by atoms with E-state index >= 15 is 0 Å². The first-order valence-electron chi connectivity index (χ1n) is 9.88. The Kier molecular flexibility index (Phi) is 13.5. The Morgan fingerprint density at radius 1 is 1.10 bits per heavy atom. The molecular formula is C21H38IN5O3. The third-order valence-electron chi connectivity index (χ3n) is 4.12. The number of carbonyl (C=O) groups excluding carboxylic acids is 1. The maximum absolute atomic E-state index is 11.6. The van der Waals surface area contributed by atoms with Gasteiger partial charge in [-0.2, -0.15) is 0 Å². The van der Waals surface area contributed by atoms with Gasteiger partial charge in [-0.15, -0.1) is 24.0 Å². The number of benzene rings is 1. The third kappa shape index (κ3) is 11.4. The molecule has 0 fully saturated rings. The minimum absolute atomic E-state index is 0. The molecule has 9 heteroatoms. The Balaban J connectivity index is 0.00000841. The molecule has 0 aliphatic heterocycles. The number of aliphatic imine (C=N–C) groups is 1. The van der Waals surface area contributed by atoms with Crippen LogP contribution in [0.2, 0.25) is 0 Å². The first-order chi connectivity index (χ1) is 13.7. The number of likely N-dealkylation sites (N-methyl/N-ethyl adjacent to an activating group) is 1. The van der Waals surface area contributed by atoms with E-state index in [0.29, 0.717) is 19.6 Å². The zero-order valence-electron chi connectivity index (χ0n) is 19.2. The average Bonchev–Trinajstić information content (AvgIpc) is 2.65. The third-order valence-corrected chi connectivity index (χ3v) is 4.12. The van der Waals surface area contributed by atoms with Gasteiger partial charge < -0.3 is 30.3 Å². The van der Waals surface area contributed by atoms with Crippen LogP contribution in [0.25, 0.3) is 0 Å². The SMILES string of the molecule is CN=C(NCCCNC(=O)OC(C)(C)C)NCC(c1ccc(OC)cc1)N(C)C.I. The van der Waals surface area contributed by atoms with Crippen molar-refractivity contribution in [3.05, 3.63) is 29.8 Å². The molecule has 0 saturated heterocycles. The van der Waals surface area contributed by atoms with Crippen LogP contribution in [-0.2, 0) is 4.74 Å². The summed E-state index contributed by atoms with van der Waals surface area (Å²) in [7, 11) is 7.51. The Morgan fingerprint density at radius 2 is 1.70 bits per heavy atom. The van der Waals surface area contributed by atoms with Crippen molar-refractivity contribution in [3.8, 4) is 5.75 Å². The monoisotopic (exact) mass is 535 g/mol. The number of hydrogen-bond donors (Lipinski definition) is 3. The lowest BCUT2D eigenvalue weighted by atomic mass is 10.1. The molecule has 0 saturated carbocycles. The van der Waals surface area contributed by atoms with Gasteiger partial charge in [0.1, 0.15) is 11.4 Å². The topological polar surface area (TPSA) is 87.2 Å². The van der Waals surface area contributed by atoms with Gasteiger partial charge in [-0.3, -0.25) is 4.99 Å². The average molecular weight is 535 g/mol. The highest BCUT2D eigenvalue weighted by molar-refractivity contribution is 14.0. The second-order valence-corrected chi connectivity index (χ2v) is 7.91. The van der Waals surface area contributed by atoms with Crippen molar-refractivity contribution in [1.82, 2.24) is 20.9 Å². The summed E-state index contributed by atoms with van der Waals surface area (Å²) >= 11 is 0. The zero-order valence-corrected chi connectivity index (χ0v) is 21.6. The lowest BCUT2D eigenvalue weighted by molar-refractivity contribution is 0.0527. The minimum Gasteiger partial charge on any atom is -0.497 e. The van der Waals surface area contributed by atoms with Crippen molar-refractivity contribution >= 4 is 36.0 Å². The highest BCUT2D eigenvalue weighted by Crippen LogP contribution is 2.20.